The average molecular weight is 457 g/mol. The molecule has 0 aliphatic carbocycles. The Balaban J connectivity index is 0.00000225. The largest absolute Gasteiger partial charge is 0.481 e. The fraction of sp³-hybridized carbons (Fsp3) is 0.500. The van der Waals surface area contributed by atoms with Gasteiger partial charge in [0.2, 0.25) is 5.95 Å². The van der Waals surface area contributed by atoms with Crippen LogP contribution in [0.1, 0.15) is 6.23 Å². The van der Waals surface area contributed by atoms with Crippen molar-refractivity contribution in [3.8, 4) is 0 Å². The van der Waals surface area contributed by atoms with Crippen LogP contribution in [0.25, 0.3) is 11.2 Å². The van der Waals surface area contributed by atoms with Gasteiger partial charge in [-0.25, -0.2) is 14.1 Å². The number of anilines is 1. The number of H-pyrrole nitrogens is 1. The zero-order chi connectivity index (χ0) is 20.9. The molecule has 30 heavy (non-hydrogen) atoms. The van der Waals surface area contributed by atoms with E-state index in [4.69, 9.17) is 20.3 Å². The number of rotatable bonds is 6. The van der Waals surface area contributed by atoms with Crippen molar-refractivity contribution in [2.45, 2.75) is 24.5 Å². The Bertz CT molecular complexity index is 1040. The topological polar surface area (TPSA) is 253 Å². The van der Waals surface area contributed by atoms with Gasteiger partial charge in [0.15, 0.2) is 17.4 Å². The summed E-state index contributed by atoms with van der Waals surface area (Å²) in [6.07, 6.45) is -4.88. The number of nitrogen functional groups attached to an aromatic ring is 1. The summed E-state index contributed by atoms with van der Waals surface area (Å²) in [6, 6.07) is 0. The zero-order valence-electron chi connectivity index (χ0n) is 15.6. The van der Waals surface area contributed by atoms with Gasteiger partial charge in [-0.2, -0.15) is 9.29 Å². The number of aliphatic hydroxyl groups is 2. The van der Waals surface area contributed by atoms with Crippen molar-refractivity contribution in [1.29, 1.82) is 0 Å². The Morgan fingerprint density at radius 2 is 1.87 bits per heavy atom. The van der Waals surface area contributed by atoms with Gasteiger partial charge in [-0.05, 0) is 0 Å². The number of aromatic amines is 1. The minimum atomic E-state index is -5.32. The molecule has 0 bridgehead atoms. The van der Waals surface area contributed by atoms with E-state index < -0.39 is 52.4 Å². The molecule has 2 aromatic heterocycles. The first-order valence-corrected chi connectivity index (χ1v) is 10.4. The van der Waals surface area contributed by atoms with E-state index in [0.717, 1.165) is 10.9 Å². The minimum absolute atomic E-state index is 0. The summed E-state index contributed by atoms with van der Waals surface area (Å²) in [5.41, 5.74) is 4.65. The maximum absolute atomic E-state index is 11.8. The van der Waals surface area contributed by atoms with E-state index in [9.17, 15) is 29.0 Å². The number of imidazole rings is 1. The summed E-state index contributed by atoms with van der Waals surface area (Å²) in [5, 5.41) is 20.3. The second-order valence-corrected chi connectivity index (χ2v) is 8.49. The second kappa shape index (κ2) is 9.96. The number of hydrogen-bond acceptors (Lipinski definition) is 11. The van der Waals surface area contributed by atoms with Crippen LogP contribution in [0.4, 0.5) is 5.95 Å². The van der Waals surface area contributed by atoms with Crippen molar-refractivity contribution in [2.75, 3.05) is 12.3 Å². The van der Waals surface area contributed by atoms with E-state index in [-0.39, 0.29) is 54.8 Å². The third-order valence-electron chi connectivity index (χ3n) is 3.67. The standard InChI is InChI=1S/C10H15N5O11P2.2Li/c11-10-13-7-4(8(18)14-10)12-2-15(7)9-6(17)5(16)3(25-9)1-24-28(22,23)26-27(19,20)21;;/h2-3,5-6,9,16-17H,1H2,(H,22,23)(H2,19,20,21)(H3,11,13,14,18);;/t3-,5-,6-,9-;;/m1../s1. The van der Waals surface area contributed by atoms with Crippen LogP contribution in [0.3, 0.4) is 0 Å². The van der Waals surface area contributed by atoms with Gasteiger partial charge in [-0.15, -0.1) is 0 Å². The molecule has 0 aromatic carbocycles. The first-order valence-electron chi connectivity index (χ1n) is 7.36. The van der Waals surface area contributed by atoms with E-state index in [1.165, 1.54) is 0 Å². The summed E-state index contributed by atoms with van der Waals surface area (Å²) in [6.45, 7) is -0.870. The Morgan fingerprint density at radius 3 is 2.47 bits per heavy atom. The molecule has 1 unspecified atom stereocenters. The molecule has 1 aliphatic rings. The molecule has 1 saturated heterocycles. The third-order valence-corrected chi connectivity index (χ3v) is 5.83. The number of fused-ring (bicyclic) bond motifs is 1. The van der Waals surface area contributed by atoms with Gasteiger partial charge < -0.3 is 35.4 Å². The number of nitrogens with zero attached hydrogens (tertiary/aromatic N) is 3. The van der Waals surface area contributed by atoms with E-state index in [2.05, 4.69) is 23.8 Å². The number of nitrogens with one attached hydrogen (secondary N) is 1. The Hall–Kier alpha value is -0.515. The Kier molecular flexibility index (Phi) is 9.13. The SMILES string of the molecule is Nc1nc2c(ncn2[C@@H]2O[C@H](COP(=O)(O)OP(=O)(O)O)[C@@H](O)[C@H]2O)c(=O)[nH]1.[Li].[Li]. The van der Waals surface area contributed by atoms with Crippen LogP contribution in [-0.2, 0) is 22.7 Å². The molecule has 0 saturated carbocycles. The van der Waals surface area contributed by atoms with Gasteiger partial charge in [0.05, 0.1) is 12.9 Å². The van der Waals surface area contributed by atoms with Crippen LogP contribution < -0.4 is 11.3 Å². The first-order chi connectivity index (χ1) is 12.9. The fourth-order valence-electron chi connectivity index (χ4n) is 2.55. The molecule has 2 radical (unpaired) electrons. The maximum atomic E-state index is 11.8. The molecule has 20 heteroatoms. The van der Waals surface area contributed by atoms with Gasteiger partial charge in [0.1, 0.15) is 18.3 Å². The smallest absolute Gasteiger partial charge is 0.387 e. The van der Waals surface area contributed by atoms with Crippen LogP contribution in [0.15, 0.2) is 11.1 Å². The average Bonchev–Trinajstić information content (AvgIpc) is 3.06. The van der Waals surface area contributed by atoms with Crippen molar-refractivity contribution >= 4 is 70.5 Å². The van der Waals surface area contributed by atoms with Gasteiger partial charge >= 0.3 is 15.6 Å². The van der Waals surface area contributed by atoms with Gasteiger partial charge in [0, 0.05) is 37.7 Å². The summed E-state index contributed by atoms with van der Waals surface area (Å²) in [7, 11) is -10.5. The van der Waals surface area contributed by atoms with Crippen molar-refractivity contribution in [2.24, 2.45) is 0 Å². The summed E-state index contributed by atoms with van der Waals surface area (Å²) >= 11 is 0. The Labute approximate surface area is 191 Å². The predicted octanol–water partition coefficient (Wildman–Crippen LogP) is -3.21. The molecule has 0 spiro atoms. The van der Waals surface area contributed by atoms with E-state index in [1.54, 1.807) is 0 Å². The molecule has 16 nitrogen and oxygen atoms in total. The van der Waals surface area contributed by atoms with E-state index >= 15 is 0 Å². The van der Waals surface area contributed by atoms with Crippen molar-refractivity contribution < 1.29 is 47.6 Å². The van der Waals surface area contributed by atoms with Crippen LogP contribution in [0.5, 0.6) is 0 Å². The van der Waals surface area contributed by atoms with Crippen LogP contribution in [-0.4, -0.2) is 107 Å². The minimum Gasteiger partial charge on any atom is -0.387 e. The molecule has 5 atom stereocenters. The summed E-state index contributed by atoms with van der Waals surface area (Å²) < 4.78 is 36.6. The molecule has 1 aliphatic heterocycles. The maximum Gasteiger partial charge on any atom is 0.481 e. The number of aromatic nitrogens is 4. The molecular formula is C10H15Li2N5O11P2. The fourth-order valence-corrected chi connectivity index (χ4v) is 4.15. The molecule has 3 rings (SSSR count). The van der Waals surface area contributed by atoms with Crippen LogP contribution >= 0.6 is 15.6 Å². The predicted molar refractivity (Wildman–Crippen MR) is 98.9 cm³/mol. The number of nitrogens with two attached hydrogens (primary N) is 1. The van der Waals surface area contributed by atoms with Crippen LogP contribution in [0, 0.1) is 0 Å². The van der Waals surface area contributed by atoms with Gasteiger partial charge in [0.25, 0.3) is 5.56 Å². The number of phosphoric ester groups is 1. The summed E-state index contributed by atoms with van der Waals surface area (Å²) in [5.74, 6) is -0.233. The third kappa shape index (κ3) is 6.04. The van der Waals surface area contributed by atoms with Gasteiger partial charge in [-0.1, -0.05) is 0 Å². The number of aliphatic hydroxyl groups excluding tert-OH is 2. The molecular weight excluding hydrogens is 442 g/mol. The molecule has 158 valence electrons. The van der Waals surface area contributed by atoms with Crippen molar-refractivity contribution in [3.63, 3.8) is 0 Å². The molecule has 3 heterocycles. The first kappa shape index (κ1) is 27.5. The Morgan fingerprint density at radius 1 is 1.23 bits per heavy atom. The molecule has 8 N–H and O–H groups in total. The van der Waals surface area contributed by atoms with Crippen molar-refractivity contribution in [1.82, 2.24) is 19.5 Å². The second-order valence-electron chi connectivity index (χ2n) is 5.66. The molecule has 0 amide bonds. The monoisotopic (exact) mass is 457 g/mol. The van der Waals surface area contributed by atoms with E-state index in [1.807, 2.05) is 0 Å². The van der Waals surface area contributed by atoms with Crippen LogP contribution in [0.2, 0.25) is 0 Å². The number of ether oxygens (including phenoxy) is 1. The number of phosphoric acid groups is 2. The van der Waals surface area contributed by atoms with Crippen molar-refractivity contribution in [3.05, 3.63) is 16.7 Å². The quantitative estimate of drug-likeness (QED) is 0.167. The molecule has 2 aromatic rings. The number of hydrogen-bond donors (Lipinski definition) is 7. The zero-order valence-corrected chi connectivity index (χ0v) is 17.4. The normalized spacial score (nSPS) is 26.0. The summed E-state index contributed by atoms with van der Waals surface area (Å²) in [4.78, 5) is 48.1. The van der Waals surface area contributed by atoms with Gasteiger partial charge in [-0.3, -0.25) is 18.9 Å². The molecule has 1 fully saturated rings. The van der Waals surface area contributed by atoms with E-state index in [0.29, 0.717) is 0 Å².